The minimum Gasteiger partial charge on any atom is -0.391 e. The molecule has 0 saturated heterocycles. The van der Waals surface area contributed by atoms with Crippen LogP contribution in [0.25, 0.3) is 0 Å². The van der Waals surface area contributed by atoms with Crippen LogP contribution in [-0.4, -0.2) is 17.3 Å². The maximum absolute atomic E-state index is 9.54. The van der Waals surface area contributed by atoms with Gasteiger partial charge in [0.1, 0.15) is 6.04 Å². The molecule has 7 heavy (non-hydrogen) atoms. The summed E-state index contributed by atoms with van der Waals surface area (Å²) in [7, 11) is 0. The molecule has 0 fully saturated rings. The molecule has 0 aliphatic carbocycles. The standard InChI is InChI=1S/C4H9NO2/c1-3(5-7)4(2)6/h3-4,6H,1-2H3/t3-,4+/m1/s1. The summed E-state index contributed by atoms with van der Waals surface area (Å²) >= 11 is 0. The first kappa shape index (κ1) is 6.56. The molecule has 0 aromatic carbocycles. The molecule has 0 unspecified atom stereocenters. The van der Waals surface area contributed by atoms with E-state index in [0.717, 1.165) is 0 Å². The highest BCUT2D eigenvalue weighted by Gasteiger charge is 2.05. The molecular formula is C4H9NO2. The third kappa shape index (κ3) is 2.28. The Bertz CT molecular complexity index is 62.7. The summed E-state index contributed by atoms with van der Waals surface area (Å²) in [6.45, 7) is 3.10. The molecular weight excluding hydrogens is 94.0 g/mol. The Morgan fingerprint density at radius 2 is 2.00 bits per heavy atom. The van der Waals surface area contributed by atoms with Crippen LogP contribution in [0, 0.1) is 4.91 Å². The van der Waals surface area contributed by atoms with Crippen LogP contribution in [0.5, 0.6) is 0 Å². The van der Waals surface area contributed by atoms with E-state index in [0.29, 0.717) is 0 Å². The van der Waals surface area contributed by atoms with Crippen molar-refractivity contribution >= 4 is 0 Å². The van der Waals surface area contributed by atoms with Gasteiger partial charge in [-0.3, -0.25) is 0 Å². The molecule has 3 nitrogen and oxygen atoms in total. The van der Waals surface area contributed by atoms with E-state index in [9.17, 15) is 4.91 Å². The Kier molecular flexibility index (Phi) is 2.52. The van der Waals surface area contributed by atoms with Crippen molar-refractivity contribution in [3.63, 3.8) is 0 Å². The smallest absolute Gasteiger partial charge is 0.115 e. The van der Waals surface area contributed by atoms with Crippen molar-refractivity contribution in [3.05, 3.63) is 4.91 Å². The van der Waals surface area contributed by atoms with Crippen LogP contribution in [0.3, 0.4) is 0 Å². The first-order valence-electron chi connectivity index (χ1n) is 2.19. The number of nitroso groups, excluding NO2 is 1. The van der Waals surface area contributed by atoms with E-state index in [1.165, 1.54) is 6.92 Å². The highest BCUT2D eigenvalue weighted by atomic mass is 16.3. The van der Waals surface area contributed by atoms with Crippen LogP contribution >= 0.6 is 0 Å². The first-order chi connectivity index (χ1) is 3.18. The van der Waals surface area contributed by atoms with Crippen LogP contribution in [0.15, 0.2) is 5.18 Å². The average Bonchev–Trinajstić information content (AvgIpc) is 1.65. The van der Waals surface area contributed by atoms with Gasteiger partial charge in [0.25, 0.3) is 0 Å². The van der Waals surface area contributed by atoms with Gasteiger partial charge in [0.2, 0.25) is 0 Å². The predicted octanol–water partition coefficient (Wildman–Crippen LogP) is 0.522. The number of aliphatic hydroxyl groups excluding tert-OH is 1. The van der Waals surface area contributed by atoms with E-state index in [1.54, 1.807) is 6.92 Å². The fourth-order valence-corrected chi connectivity index (χ4v) is 0.0881. The molecule has 1 N–H and O–H groups in total. The molecule has 3 heteroatoms. The van der Waals surface area contributed by atoms with E-state index >= 15 is 0 Å². The summed E-state index contributed by atoms with van der Waals surface area (Å²) in [4.78, 5) is 9.54. The zero-order chi connectivity index (χ0) is 5.86. The molecule has 0 heterocycles. The molecule has 0 aromatic rings. The van der Waals surface area contributed by atoms with Gasteiger partial charge in [-0.1, -0.05) is 5.18 Å². The number of nitrogens with zero attached hydrogens (tertiary/aromatic N) is 1. The largest absolute Gasteiger partial charge is 0.391 e. The van der Waals surface area contributed by atoms with E-state index < -0.39 is 12.1 Å². The Balaban J connectivity index is 3.33. The van der Waals surface area contributed by atoms with Crippen LogP contribution in [0.4, 0.5) is 0 Å². The van der Waals surface area contributed by atoms with Gasteiger partial charge >= 0.3 is 0 Å². The van der Waals surface area contributed by atoms with Gasteiger partial charge < -0.3 is 5.11 Å². The maximum atomic E-state index is 9.54. The molecule has 0 radical (unpaired) electrons. The molecule has 0 spiro atoms. The lowest BCUT2D eigenvalue weighted by molar-refractivity contribution is 0.171. The molecule has 42 valence electrons. The van der Waals surface area contributed by atoms with Crippen LogP contribution in [0.2, 0.25) is 0 Å². The Labute approximate surface area is 42.3 Å². The van der Waals surface area contributed by atoms with Crippen LogP contribution in [0.1, 0.15) is 13.8 Å². The minimum absolute atomic E-state index is 0.472. The lowest BCUT2D eigenvalue weighted by Crippen LogP contribution is -2.15. The van der Waals surface area contributed by atoms with E-state index in [1.807, 2.05) is 0 Å². The fourth-order valence-electron chi connectivity index (χ4n) is 0.0881. The van der Waals surface area contributed by atoms with Gasteiger partial charge in [0, 0.05) is 0 Å². The quantitative estimate of drug-likeness (QED) is 0.518. The third-order valence-electron chi connectivity index (χ3n) is 0.864. The zero-order valence-electron chi connectivity index (χ0n) is 4.46. The number of rotatable bonds is 2. The van der Waals surface area contributed by atoms with Gasteiger partial charge in [-0.2, -0.15) is 4.91 Å². The highest BCUT2D eigenvalue weighted by Crippen LogP contribution is 1.93. The second kappa shape index (κ2) is 2.69. The molecule has 0 rings (SSSR count). The van der Waals surface area contributed by atoms with Gasteiger partial charge in [0.15, 0.2) is 0 Å². The molecule has 0 bridgehead atoms. The average molecular weight is 103 g/mol. The van der Waals surface area contributed by atoms with Crippen LogP contribution < -0.4 is 0 Å². The maximum Gasteiger partial charge on any atom is 0.115 e. The van der Waals surface area contributed by atoms with Crippen molar-refractivity contribution in [3.8, 4) is 0 Å². The Morgan fingerprint density at radius 3 is 2.00 bits per heavy atom. The lowest BCUT2D eigenvalue weighted by atomic mass is 10.2. The van der Waals surface area contributed by atoms with Crippen LogP contribution in [-0.2, 0) is 0 Å². The van der Waals surface area contributed by atoms with E-state index in [2.05, 4.69) is 5.18 Å². The van der Waals surface area contributed by atoms with Gasteiger partial charge in [-0.25, -0.2) is 0 Å². The molecule has 0 aromatic heterocycles. The van der Waals surface area contributed by atoms with Gasteiger partial charge in [-0.15, -0.1) is 0 Å². The van der Waals surface area contributed by atoms with Crippen molar-refractivity contribution in [2.24, 2.45) is 5.18 Å². The van der Waals surface area contributed by atoms with Crippen molar-refractivity contribution < 1.29 is 5.11 Å². The zero-order valence-corrected chi connectivity index (χ0v) is 4.46. The van der Waals surface area contributed by atoms with Crippen molar-refractivity contribution in [2.75, 3.05) is 0 Å². The Hall–Kier alpha value is -0.440. The lowest BCUT2D eigenvalue weighted by Gasteiger charge is -2.01. The first-order valence-corrected chi connectivity index (χ1v) is 2.19. The summed E-state index contributed by atoms with van der Waals surface area (Å²) in [6.07, 6.45) is -0.613. The summed E-state index contributed by atoms with van der Waals surface area (Å²) < 4.78 is 0. The molecule has 0 aliphatic heterocycles. The van der Waals surface area contributed by atoms with Crippen molar-refractivity contribution in [1.29, 1.82) is 0 Å². The fraction of sp³-hybridized carbons (Fsp3) is 1.00. The monoisotopic (exact) mass is 103 g/mol. The normalized spacial score (nSPS) is 18.1. The molecule has 0 saturated carbocycles. The SMILES string of the molecule is C[C@H](O)[C@@H](C)N=O. The van der Waals surface area contributed by atoms with Crippen molar-refractivity contribution in [2.45, 2.75) is 26.0 Å². The Morgan fingerprint density at radius 1 is 1.57 bits per heavy atom. The number of hydrogen-bond donors (Lipinski definition) is 1. The summed E-state index contributed by atoms with van der Waals surface area (Å²) in [5.41, 5.74) is 0. The molecule has 2 atom stereocenters. The number of aliphatic hydroxyl groups is 1. The third-order valence-corrected chi connectivity index (χ3v) is 0.864. The summed E-state index contributed by atoms with van der Waals surface area (Å²) in [5.74, 6) is 0. The highest BCUT2D eigenvalue weighted by molar-refractivity contribution is 4.63. The molecule has 0 aliphatic rings. The molecule has 0 amide bonds. The minimum atomic E-state index is -0.613. The van der Waals surface area contributed by atoms with Gasteiger partial charge in [0.05, 0.1) is 6.10 Å². The van der Waals surface area contributed by atoms with E-state index in [-0.39, 0.29) is 0 Å². The summed E-state index contributed by atoms with van der Waals surface area (Å²) in [6, 6.07) is -0.472. The predicted molar refractivity (Wildman–Crippen MR) is 26.9 cm³/mol. The number of hydrogen-bond acceptors (Lipinski definition) is 3. The van der Waals surface area contributed by atoms with Gasteiger partial charge in [-0.05, 0) is 13.8 Å². The topological polar surface area (TPSA) is 49.7 Å². The van der Waals surface area contributed by atoms with E-state index in [4.69, 9.17) is 5.11 Å². The summed E-state index contributed by atoms with van der Waals surface area (Å²) in [5, 5.41) is 11.1. The second-order valence-electron chi connectivity index (χ2n) is 1.59. The van der Waals surface area contributed by atoms with Crippen molar-refractivity contribution in [1.82, 2.24) is 0 Å². The second-order valence-corrected chi connectivity index (χ2v) is 1.59.